The summed E-state index contributed by atoms with van der Waals surface area (Å²) in [5, 5.41) is 5.13. The van der Waals surface area contributed by atoms with Crippen LogP contribution < -0.4 is 5.32 Å². The molecule has 4 heteroatoms. The van der Waals surface area contributed by atoms with Gasteiger partial charge in [-0.1, -0.05) is 27.5 Å². The molecule has 0 spiro atoms. The largest absolute Gasteiger partial charge is 0.462 e. The van der Waals surface area contributed by atoms with Crippen molar-refractivity contribution in [3.05, 3.63) is 33.5 Å². The minimum Gasteiger partial charge on any atom is -0.462 e. The van der Waals surface area contributed by atoms with Gasteiger partial charge >= 0.3 is 0 Å². The van der Waals surface area contributed by atoms with Crippen LogP contribution in [0.2, 0.25) is 5.02 Å². The maximum atomic E-state index is 6.12. The predicted molar refractivity (Wildman–Crippen MR) is 75.5 cm³/mol. The van der Waals surface area contributed by atoms with Gasteiger partial charge in [-0.05, 0) is 32.9 Å². The van der Waals surface area contributed by atoms with Crippen LogP contribution >= 0.6 is 27.5 Å². The van der Waals surface area contributed by atoms with Gasteiger partial charge in [-0.3, -0.25) is 0 Å². The van der Waals surface area contributed by atoms with Crippen LogP contribution in [0.5, 0.6) is 0 Å². The number of hydrogen-bond acceptors (Lipinski definition) is 2. The molecular formula is C13H15BrClNO. The lowest BCUT2D eigenvalue weighted by Gasteiger charge is -2.19. The molecule has 0 aliphatic rings. The standard InChI is InChI=1S/C13H15BrClNO/c1-13(2,3)16-6-8-7-17-12-10(8)4-9(14)5-11(12)15/h4-5,7,16H,6H2,1-3H3. The van der Waals surface area contributed by atoms with E-state index in [1.165, 1.54) is 0 Å². The van der Waals surface area contributed by atoms with Crippen LogP contribution in [-0.2, 0) is 6.54 Å². The van der Waals surface area contributed by atoms with Crippen molar-refractivity contribution in [1.82, 2.24) is 5.32 Å². The zero-order valence-electron chi connectivity index (χ0n) is 10.1. The second-order valence-corrected chi connectivity index (χ2v) is 6.45. The van der Waals surface area contributed by atoms with Crippen LogP contribution in [0.3, 0.4) is 0 Å². The Morgan fingerprint density at radius 3 is 2.71 bits per heavy atom. The van der Waals surface area contributed by atoms with E-state index in [9.17, 15) is 0 Å². The second-order valence-electron chi connectivity index (χ2n) is 5.13. The SMILES string of the molecule is CC(C)(C)NCc1coc2c(Cl)cc(Br)cc12. The van der Waals surface area contributed by atoms with Crippen molar-refractivity contribution in [1.29, 1.82) is 0 Å². The molecule has 0 unspecified atom stereocenters. The molecule has 0 saturated heterocycles. The Morgan fingerprint density at radius 1 is 1.35 bits per heavy atom. The molecule has 2 aromatic rings. The van der Waals surface area contributed by atoms with Crippen molar-refractivity contribution in [2.45, 2.75) is 32.9 Å². The minimum absolute atomic E-state index is 0.0827. The average Bonchev–Trinajstić information content (AvgIpc) is 2.57. The van der Waals surface area contributed by atoms with Gasteiger partial charge in [0.2, 0.25) is 0 Å². The van der Waals surface area contributed by atoms with Gasteiger partial charge in [-0.15, -0.1) is 0 Å². The number of nitrogens with one attached hydrogen (secondary N) is 1. The molecule has 0 atom stereocenters. The summed E-state index contributed by atoms with van der Waals surface area (Å²) in [5.41, 5.74) is 1.96. The monoisotopic (exact) mass is 315 g/mol. The number of benzene rings is 1. The van der Waals surface area contributed by atoms with Crippen LogP contribution in [0.1, 0.15) is 26.3 Å². The Hall–Kier alpha value is -0.510. The molecule has 2 nitrogen and oxygen atoms in total. The van der Waals surface area contributed by atoms with Crippen LogP contribution in [0.25, 0.3) is 11.0 Å². The number of halogens is 2. The third-order valence-electron chi connectivity index (χ3n) is 2.48. The van der Waals surface area contributed by atoms with Gasteiger partial charge in [0.1, 0.15) is 0 Å². The van der Waals surface area contributed by atoms with Gasteiger partial charge in [-0.25, -0.2) is 0 Å². The highest BCUT2D eigenvalue weighted by atomic mass is 79.9. The third-order valence-corrected chi connectivity index (χ3v) is 3.22. The van der Waals surface area contributed by atoms with E-state index in [0.717, 1.165) is 27.6 Å². The third kappa shape index (κ3) is 3.03. The topological polar surface area (TPSA) is 25.2 Å². The van der Waals surface area contributed by atoms with Crippen LogP contribution in [0.15, 0.2) is 27.3 Å². The molecule has 1 aromatic heterocycles. The van der Waals surface area contributed by atoms with Crippen molar-refractivity contribution in [2.75, 3.05) is 0 Å². The fourth-order valence-corrected chi connectivity index (χ4v) is 2.46. The molecule has 1 N–H and O–H groups in total. The lowest BCUT2D eigenvalue weighted by Crippen LogP contribution is -2.34. The average molecular weight is 317 g/mol. The first-order chi connectivity index (χ1) is 7.87. The van der Waals surface area contributed by atoms with E-state index in [1.54, 1.807) is 6.26 Å². The van der Waals surface area contributed by atoms with Crippen molar-refractivity contribution in [2.24, 2.45) is 0 Å². The highest BCUT2D eigenvalue weighted by Gasteiger charge is 2.13. The number of hydrogen-bond donors (Lipinski definition) is 1. The smallest absolute Gasteiger partial charge is 0.152 e. The Labute approximate surface area is 114 Å². The van der Waals surface area contributed by atoms with Gasteiger partial charge in [0, 0.05) is 27.5 Å². The summed E-state index contributed by atoms with van der Waals surface area (Å²) in [4.78, 5) is 0. The van der Waals surface area contributed by atoms with Crippen molar-refractivity contribution in [3.8, 4) is 0 Å². The summed E-state index contributed by atoms with van der Waals surface area (Å²) < 4.78 is 6.47. The van der Waals surface area contributed by atoms with E-state index < -0.39 is 0 Å². The van der Waals surface area contributed by atoms with Gasteiger partial charge in [0.15, 0.2) is 5.58 Å². The number of rotatable bonds is 2. The first kappa shape index (κ1) is 12.9. The highest BCUT2D eigenvalue weighted by Crippen LogP contribution is 2.31. The van der Waals surface area contributed by atoms with Gasteiger partial charge in [0.25, 0.3) is 0 Å². The summed E-state index contributed by atoms with van der Waals surface area (Å²) in [7, 11) is 0. The molecule has 0 saturated carbocycles. The minimum atomic E-state index is 0.0827. The summed E-state index contributed by atoms with van der Waals surface area (Å²) in [6.07, 6.45) is 1.77. The molecule has 1 aromatic carbocycles. The Bertz CT molecular complexity index is 542. The zero-order valence-corrected chi connectivity index (χ0v) is 12.4. The Kier molecular flexibility index (Phi) is 3.53. The fraction of sp³-hybridized carbons (Fsp3) is 0.385. The zero-order chi connectivity index (χ0) is 12.6. The highest BCUT2D eigenvalue weighted by molar-refractivity contribution is 9.10. The normalized spacial score (nSPS) is 12.3. The van der Waals surface area contributed by atoms with E-state index in [2.05, 4.69) is 42.0 Å². The molecule has 0 amide bonds. The van der Waals surface area contributed by atoms with Crippen molar-refractivity contribution >= 4 is 38.5 Å². The predicted octanol–water partition coefficient (Wildman–Crippen LogP) is 4.74. The van der Waals surface area contributed by atoms with Crippen LogP contribution in [0, 0.1) is 0 Å². The molecule has 0 radical (unpaired) electrons. The molecule has 1 heterocycles. The van der Waals surface area contributed by atoms with E-state index in [1.807, 2.05) is 12.1 Å². The summed E-state index contributed by atoms with van der Waals surface area (Å²) in [6, 6.07) is 3.87. The maximum Gasteiger partial charge on any atom is 0.152 e. The summed E-state index contributed by atoms with van der Waals surface area (Å²) in [5.74, 6) is 0. The van der Waals surface area contributed by atoms with E-state index in [-0.39, 0.29) is 5.54 Å². The first-order valence-corrected chi connectivity index (χ1v) is 6.64. The fourth-order valence-electron chi connectivity index (χ4n) is 1.61. The molecule has 0 aliphatic heterocycles. The molecule has 17 heavy (non-hydrogen) atoms. The number of fused-ring (bicyclic) bond motifs is 1. The van der Waals surface area contributed by atoms with Crippen LogP contribution in [0.4, 0.5) is 0 Å². The Balaban J connectivity index is 2.36. The molecule has 92 valence electrons. The lowest BCUT2D eigenvalue weighted by molar-refractivity contribution is 0.423. The quantitative estimate of drug-likeness (QED) is 0.866. The lowest BCUT2D eigenvalue weighted by atomic mass is 10.1. The van der Waals surface area contributed by atoms with E-state index in [0.29, 0.717) is 5.02 Å². The van der Waals surface area contributed by atoms with Gasteiger partial charge in [-0.2, -0.15) is 0 Å². The summed E-state index contributed by atoms with van der Waals surface area (Å²) in [6.45, 7) is 7.18. The molecule has 2 rings (SSSR count). The van der Waals surface area contributed by atoms with E-state index in [4.69, 9.17) is 16.0 Å². The maximum absolute atomic E-state index is 6.12. The first-order valence-electron chi connectivity index (χ1n) is 5.47. The Morgan fingerprint density at radius 2 is 2.06 bits per heavy atom. The summed E-state index contributed by atoms with van der Waals surface area (Å²) >= 11 is 9.57. The van der Waals surface area contributed by atoms with Crippen molar-refractivity contribution in [3.63, 3.8) is 0 Å². The molecule has 0 aliphatic carbocycles. The van der Waals surface area contributed by atoms with Gasteiger partial charge in [0.05, 0.1) is 11.3 Å². The molecule has 0 fully saturated rings. The van der Waals surface area contributed by atoms with Crippen LogP contribution in [-0.4, -0.2) is 5.54 Å². The number of furan rings is 1. The van der Waals surface area contributed by atoms with Gasteiger partial charge < -0.3 is 9.73 Å². The van der Waals surface area contributed by atoms with Crippen molar-refractivity contribution < 1.29 is 4.42 Å². The molecule has 0 bridgehead atoms. The molecular weight excluding hydrogens is 302 g/mol. The van der Waals surface area contributed by atoms with E-state index >= 15 is 0 Å². The second kappa shape index (κ2) is 4.63.